The van der Waals surface area contributed by atoms with Crippen molar-refractivity contribution in [3.05, 3.63) is 51.8 Å². The Kier molecular flexibility index (Phi) is 4.58. The van der Waals surface area contributed by atoms with Crippen LogP contribution in [0.4, 0.5) is 16.7 Å². The molecule has 2 aliphatic rings. The van der Waals surface area contributed by atoms with Gasteiger partial charge in [0.25, 0.3) is 5.91 Å². The number of imide groups is 1. The van der Waals surface area contributed by atoms with Crippen molar-refractivity contribution in [1.29, 1.82) is 0 Å². The zero-order valence-electron chi connectivity index (χ0n) is 15.6. The first kappa shape index (κ1) is 18.6. The van der Waals surface area contributed by atoms with E-state index in [0.717, 1.165) is 22.9 Å². The smallest absolute Gasteiger partial charge is 0.326 e. The monoisotopic (exact) mass is 468 g/mol. The Bertz CT molecular complexity index is 1200. The van der Waals surface area contributed by atoms with Crippen molar-refractivity contribution in [2.75, 3.05) is 10.6 Å². The second-order valence-corrected chi connectivity index (χ2v) is 7.89. The highest BCUT2D eigenvalue weighted by Crippen LogP contribution is 2.26. The number of rotatable bonds is 6. The maximum Gasteiger partial charge on any atom is 0.326 e. The maximum atomic E-state index is 11.9. The lowest BCUT2D eigenvalue weighted by atomic mass is 10.2. The fraction of sp³-hybridized carbons (Fsp3) is 0.211. The Labute approximate surface area is 179 Å². The molecule has 0 spiro atoms. The quantitative estimate of drug-likeness (QED) is 0.322. The SMILES string of the molecule is O=C1NC(=O)/C(=C\c2cnn3c(NC4CC4)nc(NCc4ccccc4Br)nc23)N1. The van der Waals surface area contributed by atoms with Gasteiger partial charge in [-0.25, -0.2) is 4.79 Å². The van der Waals surface area contributed by atoms with Crippen LogP contribution in [0.5, 0.6) is 0 Å². The van der Waals surface area contributed by atoms with Gasteiger partial charge in [0, 0.05) is 22.6 Å². The van der Waals surface area contributed by atoms with Gasteiger partial charge in [0.15, 0.2) is 5.65 Å². The molecule has 2 fully saturated rings. The van der Waals surface area contributed by atoms with E-state index in [1.807, 2.05) is 24.3 Å². The van der Waals surface area contributed by atoms with E-state index in [0.29, 0.717) is 35.7 Å². The average Bonchev–Trinajstić information content (AvgIpc) is 3.36. The molecule has 0 bridgehead atoms. The molecule has 1 aromatic carbocycles. The standard InChI is InChI=1S/C19H17BrN8O2/c20-13-4-2-1-3-10(13)8-21-17-25-15-11(7-14-16(29)26-19(30)24-14)9-22-28(15)18(27-17)23-12-5-6-12/h1-4,7,9,12H,5-6,8H2,(H2,21,23,25,27)(H2,24,26,29,30)/b14-7+. The molecular weight excluding hydrogens is 452 g/mol. The highest BCUT2D eigenvalue weighted by atomic mass is 79.9. The first-order valence-electron chi connectivity index (χ1n) is 9.40. The summed E-state index contributed by atoms with van der Waals surface area (Å²) >= 11 is 3.54. The van der Waals surface area contributed by atoms with Crippen molar-refractivity contribution in [2.45, 2.75) is 25.4 Å². The van der Waals surface area contributed by atoms with E-state index in [1.165, 1.54) is 0 Å². The van der Waals surface area contributed by atoms with E-state index >= 15 is 0 Å². The molecule has 1 saturated carbocycles. The van der Waals surface area contributed by atoms with E-state index in [4.69, 9.17) is 0 Å². The van der Waals surface area contributed by atoms with E-state index in [2.05, 4.69) is 52.3 Å². The summed E-state index contributed by atoms with van der Waals surface area (Å²) in [5.41, 5.74) is 2.32. The fourth-order valence-electron chi connectivity index (χ4n) is 3.03. The molecule has 3 amide bonds. The van der Waals surface area contributed by atoms with E-state index < -0.39 is 11.9 Å². The number of aromatic nitrogens is 4. The molecule has 152 valence electrons. The van der Waals surface area contributed by atoms with Crippen molar-refractivity contribution < 1.29 is 9.59 Å². The van der Waals surface area contributed by atoms with Crippen LogP contribution in [0.1, 0.15) is 24.0 Å². The van der Waals surface area contributed by atoms with Gasteiger partial charge in [-0.2, -0.15) is 19.6 Å². The predicted molar refractivity (Wildman–Crippen MR) is 114 cm³/mol. The summed E-state index contributed by atoms with van der Waals surface area (Å²) in [4.78, 5) is 32.4. The minimum atomic E-state index is -0.552. The largest absolute Gasteiger partial charge is 0.351 e. The van der Waals surface area contributed by atoms with Gasteiger partial charge >= 0.3 is 6.03 Å². The van der Waals surface area contributed by atoms with Crippen LogP contribution in [0.2, 0.25) is 0 Å². The molecule has 4 N–H and O–H groups in total. The molecule has 0 atom stereocenters. The van der Waals surface area contributed by atoms with Crippen LogP contribution in [0.3, 0.4) is 0 Å². The van der Waals surface area contributed by atoms with Crippen LogP contribution in [-0.2, 0) is 11.3 Å². The summed E-state index contributed by atoms with van der Waals surface area (Å²) < 4.78 is 2.59. The van der Waals surface area contributed by atoms with Crippen LogP contribution in [0.15, 0.2) is 40.6 Å². The van der Waals surface area contributed by atoms with E-state index in [9.17, 15) is 9.59 Å². The zero-order chi connectivity index (χ0) is 20.7. The summed E-state index contributed by atoms with van der Waals surface area (Å²) in [6.45, 7) is 0.531. The predicted octanol–water partition coefficient (Wildman–Crippen LogP) is 2.25. The second-order valence-electron chi connectivity index (χ2n) is 7.04. The minimum Gasteiger partial charge on any atom is -0.351 e. The molecule has 1 aliphatic heterocycles. The highest BCUT2D eigenvalue weighted by Gasteiger charge is 2.26. The number of hydrogen-bond donors (Lipinski definition) is 4. The van der Waals surface area contributed by atoms with Gasteiger partial charge < -0.3 is 16.0 Å². The number of nitrogens with one attached hydrogen (secondary N) is 4. The topological polar surface area (TPSA) is 125 Å². The Hall–Kier alpha value is -3.47. The molecule has 3 aromatic rings. The molecule has 1 saturated heterocycles. The van der Waals surface area contributed by atoms with E-state index in [-0.39, 0.29) is 5.70 Å². The third-order valence-corrected chi connectivity index (χ3v) is 5.49. The second kappa shape index (κ2) is 7.41. The lowest BCUT2D eigenvalue weighted by Crippen LogP contribution is -2.22. The first-order chi connectivity index (χ1) is 14.6. The summed E-state index contributed by atoms with van der Waals surface area (Å²) in [5, 5.41) is 15.6. The molecule has 30 heavy (non-hydrogen) atoms. The molecule has 0 unspecified atom stereocenters. The van der Waals surface area contributed by atoms with Crippen molar-refractivity contribution in [3.63, 3.8) is 0 Å². The number of halogens is 1. The number of hydrogen-bond acceptors (Lipinski definition) is 7. The number of urea groups is 1. The Morgan fingerprint density at radius 1 is 1.20 bits per heavy atom. The van der Waals surface area contributed by atoms with Crippen LogP contribution < -0.4 is 21.3 Å². The summed E-state index contributed by atoms with van der Waals surface area (Å²) in [5.74, 6) is 0.514. The van der Waals surface area contributed by atoms with Crippen molar-refractivity contribution in [1.82, 2.24) is 30.2 Å². The summed E-state index contributed by atoms with van der Waals surface area (Å²) in [7, 11) is 0. The maximum absolute atomic E-state index is 11.9. The summed E-state index contributed by atoms with van der Waals surface area (Å²) in [6.07, 6.45) is 5.30. The Morgan fingerprint density at radius 2 is 2.03 bits per heavy atom. The van der Waals surface area contributed by atoms with Crippen LogP contribution in [-0.4, -0.2) is 37.6 Å². The molecular formula is C19H17BrN8O2. The number of carbonyl (C=O) groups excluding carboxylic acids is 2. The highest BCUT2D eigenvalue weighted by molar-refractivity contribution is 9.10. The third kappa shape index (κ3) is 3.71. The van der Waals surface area contributed by atoms with Crippen molar-refractivity contribution in [2.24, 2.45) is 0 Å². The van der Waals surface area contributed by atoms with Gasteiger partial charge in [-0.05, 0) is 30.5 Å². The van der Waals surface area contributed by atoms with Crippen molar-refractivity contribution in [3.8, 4) is 0 Å². The van der Waals surface area contributed by atoms with Gasteiger partial charge in [-0.1, -0.05) is 34.1 Å². The number of amides is 3. The van der Waals surface area contributed by atoms with E-state index in [1.54, 1.807) is 16.8 Å². The normalized spacial score (nSPS) is 17.3. The first-order valence-corrected chi connectivity index (χ1v) is 10.2. The van der Waals surface area contributed by atoms with Crippen LogP contribution >= 0.6 is 15.9 Å². The van der Waals surface area contributed by atoms with Gasteiger partial charge in [0.1, 0.15) is 5.70 Å². The Morgan fingerprint density at radius 3 is 2.77 bits per heavy atom. The minimum absolute atomic E-state index is 0.146. The number of nitrogens with zero attached hydrogens (tertiary/aromatic N) is 4. The van der Waals surface area contributed by atoms with Gasteiger partial charge in [-0.3, -0.25) is 10.1 Å². The molecule has 2 aromatic heterocycles. The molecule has 1 aliphatic carbocycles. The number of fused-ring (bicyclic) bond motifs is 1. The fourth-order valence-corrected chi connectivity index (χ4v) is 3.46. The third-order valence-electron chi connectivity index (χ3n) is 4.72. The molecule has 0 radical (unpaired) electrons. The number of benzene rings is 1. The molecule has 11 heteroatoms. The van der Waals surface area contributed by atoms with Gasteiger partial charge in [0.05, 0.1) is 6.20 Å². The Balaban J connectivity index is 1.51. The van der Waals surface area contributed by atoms with Crippen molar-refractivity contribution >= 4 is 51.5 Å². The van der Waals surface area contributed by atoms with Gasteiger partial charge in [0.2, 0.25) is 11.9 Å². The average molecular weight is 469 g/mol. The lowest BCUT2D eigenvalue weighted by Gasteiger charge is -2.11. The zero-order valence-corrected chi connectivity index (χ0v) is 17.2. The molecule has 3 heterocycles. The molecule has 10 nitrogen and oxygen atoms in total. The lowest BCUT2D eigenvalue weighted by molar-refractivity contribution is -0.115. The van der Waals surface area contributed by atoms with Crippen LogP contribution in [0.25, 0.3) is 11.7 Å². The number of carbonyl (C=O) groups is 2. The van der Waals surface area contributed by atoms with Gasteiger partial charge in [-0.15, -0.1) is 0 Å². The molecule has 5 rings (SSSR count). The van der Waals surface area contributed by atoms with Crippen LogP contribution in [0, 0.1) is 0 Å². The summed E-state index contributed by atoms with van der Waals surface area (Å²) in [6, 6.07) is 7.72. The number of anilines is 2.